The fourth-order valence-electron chi connectivity index (χ4n) is 1.36. The third-order valence-electron chi connectivity index (χ3n) is 2.22. The first-order valence-corrected chi connectivity index (χ1v) is 5.88. The summed E-state index contributed by atoms with van der Waals surface area (Å²) in [5, 5.41) is 3.26. The van der Waals surface area contributed by atoms with Crippen LogP contribution >= 0.6 is 11.6 Å². The Morgan fingerprint density at radius 1 is 1.32 bits per heavy atom. The maximum atomic E-state index is 11.2. The van der Waals surface area contributed by atoms with Gasteiger partial charge in [-0.15, -0.1) is 0 Å². The van der Waals surface area contributed by atoms with Crippen LogP contribution in [0.5, 0.6) is 11.6 Å². The van der Waals surface area contributed by atoms with E-state index in [-0.39, 0.29) is 5.91 Å². The molecule has 0 aliphatic heterocycles. The van der Waals surface area contributed by atoms with Crippen LogP contribution in [0.15, 0.2) is 55.3 Å². The summed E-state index contributed by atoms with van der Waals surface area (Å²) in [5.41, 5.74) is 0.587. The zero-order valence-electron chi connectivity index (χ0n) is 9.97. The molecule has 0 fully saturated rings. The van der Waals surface area contributed by atoms with Crippen LogP contribution in [0.2, 0.25) is 5.02 Å². The highest BCUT2D eigenvalue weighted by molar-refractivity contribution is 6.30. The first kappa shape index (κ1) is 13.1. The summed E-state index contributed by atoms with van der Waals surface area (Å²) < 4.78 is 5.54. The number of nitrogens with one attached hydrogen (secondary N) is 1. The van der Waals surface area contributed by atoms with E-state index in [1.807, 2.05) is 0 Å². The number of benzene rings is 1. The van der Waals surface area contributed by atoms with Crippen LogP contribution < -0.4 is 10.1 Å². The summed E-state index contributed by atoms with van der Waals surface area (Å²) in [6, 6.07) is 10.2. The highest BCUT2D eigenvalue weighted by Gasteiger charge is 2.02. The molecule has 1 heterocycles. The SMILES string of the molecule is C=CC(=O)Nc1ccnc(Oc2ccc(Cl)cc2)c1. The van der Waals surface area contributed by atoms with E-state index in [0.717, 1.165) is 0 Å². The molecule has 1 aromatic heterocycles. The van der Waals surface area contributed by atoms with Gasteiger partial charge < -0.3 is 10.1 Å². The minimum atomic E-state index is -0.288. The van der Waals surface area contributed by atoms with Crippen LogP contribution in [-0.4, -0.2) is 10.9 Å². The molecule has 96 valence electrons. The van der Waals surface area contributed by atoms with Crippen LogP contribution in [0.3, 0.4) is 0 Å². The Morgan fingerprint density at radius 2 is 2.05 bits per heavy atom. The molecular weight excluding hydrogens is 264 g/mol. The van der Waals surface area contributed by atoms with Crippen molar-refractivity contribution in [2.45, 2.75) is 0 Å². The fourth-order valence-corrected chi connectivity index (χ4v) is 1.49. The number of aromatic nitrogens is 1. The van der Waals surface area contributed by atoms with Crippen LogP contribution in [0.4, 0.5) is 5.69 Å². The van der Waals surface area contributed by atoms with Crippen molar-refractivity contribution in [2.24, 2.45) is 0 Å². The number of carbonyl (C=O) groups excluding carboxylic acids is 1. The van der Waals surface area contributed by atoms with Gasteiger partial charge in [-0.2, -0.15) is 0 Å². The highest BCUT2D eigenvalue weighted by Crippen LogP contribution is 2.23. The lowest BCUT2D eigenvalue weighted by atomic mass is 10.3. The van der Waals surface area contributed by atoms with Crippen LogP contribution in [-0.2, 0) is 4.79 Å². The normalized spacial score (nSPS) is 9.74. The third-order valence-corrected chi connectivity index (χ3v) is 2.48. The molecule has 0 bridgehead atoms. The third kappa shape index (κ3) is 3.82. The molecular formula is C14H11ClN2O2. The van der Waals surface area contributed by atoms with Crippen molar-refractivity contribution in [3.63, 3.8) is 0 Å². The molecule has 0 atom stereocenters. The number of ether oxygens (including phenoxy) is 1. The average molecular weight is 275 g/mol. The van der Waals surface area contributed by atoms with E-state index in [0.29, 0.717) is 22.3 Å². The Morgan fingerprint density at radius 3 is 2.74 bits per heavy atom. The van der Waals surface area contributed by atoms with E-state index in [1.165, 1.54) is 6.08 Å². The van der Waals surface area contributed by atoms with Gasteiger partial charge in [0.15, 0.2) is 0 Å². The van der Waals surface area contributed by atoms with Crippen LogP contribution in [0, 0.1) is 0 Å². The quantitative estimate of drug-likeness (QED) is 0.866. The van der Waals surface area contributed by atoms with Crippen LogP contribution in [0.1, 0.15) is 0 Å². The molecule has 0 aliphatic rings. The van der Waals surface area contributed by atoms with Gasteiger partial charge in [-0.3, -0.25) is 4.79 Å². The molecule has 1 N–H and O–H groups in total. The number of hydrogen-bond acceptors (Lipinski definition) is 3. The van der Waals surface area contributed by atoms with Gasteiger partial charge in [0, 0.05) is 23.0 Å². The van der Waals surface area contributed by atoms with Gasteiger partial charge in [-0.25, -0.2) is 4.98 Å². The molecule has 0 aliphatic carbocycles. The summed E-state index contributed by atoms with van der Waals surface area (Å²) >= 11 is 5.79. The van der Waals surface area contributed by atoms with Crippen molar-refractivity contribution in [3.05, 3.63) is 60.3 Å². The van der Waals surface area contributed by atoms with Crippen molar-refractivity contribution < 1.29 is 9.53 Å². The zero-order chi connectivity index (χ0) is 13.7. The number of anilines is 1. The minimum absolute atomic E-state index is 0.288. The second-order valence-corrected chi connectivity index (χ2v) is 4.07. The van der Waals surface area contributed by atoms with E-state index in [4.69, 9.17) is 16.3 Å². The lowest BCUT2D eigenvalue weighted by Crippen LogP contribution is -2.07. The van der Waals surface area contributed by atoms with Gasteiger partial charge >= 0.3 is 0 Å². The average Bonchev–Trinajstić information content (AvgIpc) is 2.42. The second-order valence-electron chi connectivity index (χ2n) is 3.63. The molecule has 0 unspecified atom stereocenters. The van der Waals surface area contributed by atoms with Crippen molar-refractivity contribution in [3.8, 4) is 11.6 Å². The van der Waals surface area contributed by atoms with Crippen molar-refractivity contribution in [1.29, 1.82) is 0 Å². The topological polar surface area (TPSA) is 51.2 Å². The Hall–Kier alpha value is -2.33. The molecule has 0 radical (unpaired) electrons. The van der Waals surface area contributed by atoms with Gasteiger partial charge in [0.2, 0.25) is 11.8 Å². The molecule has 1 aromatic carbocycles. The zero-order valence-corrected chi connectivity index (χ0v) is 10.7. The molecule has 2 rings (SSSR count). The molecule has 5 heteroatoms. The maximum absolute atomic E-state index is 11.2. The molecule has 2 aromatic rings. The molecule has 0 saturated heterocycles. The van der Waals surface area contributed by atoms with E-state index in [2.05, 4.69) is 16.9 Å². The lowest BCUT2D eigenvalue weighted by Gasteiger charge is -2.07. The standard InChI is InChI=1S/C14H11ClN2O2/c1-2-13(18)17-11-7-8-16-14(9-11)19-12-5-3-10(15)4-6-12/h2-9H,1H2,(H,16,17,18). The summed E-state index contributed by atoms with van der Waals surface area (Å²) in [6.07, 6.45) is 2.74. The number of hydrogen-bond donors (Lipinski definition) is 1. The van der Waals surface area contributed by atoms with E-state index in [1.54, 1.807) is 42.6 Å². The lowest BCUT2D eigenvalue weighted by molar-refractivity contribution is -0.111. The molecule has 4 nitrogen and oxygen atoms in total. The van der Waals surface area contributed by atoms with Crippen LogP contribution in [0.25, 0.3) is 0 Å². The Bertz CT molecular complexity index is 597. The van der Waals surface area contributed by atoms with E-state index >= 15 is 0 Å². The summed E-state index contributed by atoms with van der Waals surface area (Å²) in [5.74, 6) is 0.705. The monoisotopic (exact) mass is 274 g/mol. The fraction of sp³-hybridized carbons (Fsp3) is 0. The predicted molar refractivity (Wildman–Crippen MR) is 74.6 cm³/mol. The molecule has 19 heavy (non-hydrogen) atoms. The van der Waals surface area contributed by atoms with Crippen molar-refractivity contribution in [1.82, 2.24) is 4.98 Å². The number of halogens is 1. The molecule has 0 spiro atoms. The second kappa shape index (κ2) is 6.02. The van der Waals surface area contributed by atoms with Gasteiger partial charge in [-0.1, -0.05) is 18.2 Å². The smallest absolute Gasteiger partial charge is 0.247 e. The first-order chi connectivity index (χ1) is 9.17. The number of amides is 1. The summed E-state index contributed by atoms with van der Waals surface area (Å²) in [7, 11) is 0. The highest BCUT2D eigenvalue weighted by atomic mass is 35.5. The van der Waals surface area contributed by atoms with E-state index in [9.17, 15) is 4.79 Å². The number of rotatable bonds is 4. The Balaban J connectivity index is 2.12. The number of nitrogens with zero attached hydrogens (tertiary/aromatic N) is 1. The first-order valence-electron chi connectivity index (χ1n) is 5.50. The molecule has 0 saturated carbocycles. The number of carbonyl (C=O) groups is 1. The van der Waals surface area contributed by atoms with Gasteiger partial charge in [-0.05, 0) is 36.4 Å². The van der Waals surface area contributed by atoms with Gasteiger partial charge in [0.05, 0.1) is 0 Å². The predicted octanol–water partition coefficient (Wildman–Crippen LogP) is 3.65. The minimum Gasteiger partial charge on any atom is -0.439 e. The Kier molecular flexibility index (Phi) is 4.15. The van der Waals surface area contributed by atoms with Crippen molar-refractivity contribution in [2.75, 3.05) is 5.32 Å². The van der Waals surface area contributed by atoms with Gasteiger partial charge in [0.1, 0.15) is 5.75 Å². The van der Waals surface area contributed by atoms with Gasteiger partial charge in [0.25, 0.3) is 0 Å². The number of pyridine rings is 1. The van der Waals surface area contributed by atoms with E-state index < -0.39 is 0 Å². The van der Waals surface area contributed by atoms with Crippen molar-refractivity contribution >= 4 is 23.2 Å². The largest absolute Gasteiger partial charge is 0.439 e. The summed E-state index contributed by atoms with van der Waals surface area (Å²) in [4.78, 5) is 15.2. The summed E-state index contributed by atoms with van der Waals surface area (Å²) in [6.45, 7) is 3.38. The maximum Gasteiger partial charge on any atom is 0.247 e. The Labute approximate surface area is 115 Å². The molecule has 1 amide bonds.